The van der Waals surface area contributed by atoms with Gasteiger partial charge in [0.15, 0.2) is 5.76 Å². The molecule has 9 nitrogen and oxygen atoms in total. The highest BCUT2D eigenvalue weighted by atomic mass is 32.2. The lowest BCUT2D eigenvalue weighted by Crippen LogP contribution is -2.28. The highest BCUT2D eigenvalue weighted by Gasteiger charge is 2.36. The molecule has 1 atom stereocenters. The normalized spacial score (nSPS) is 16.3. The molecule has 0 radical (unpaired) electrons. The lowest BCUT2D eigenvalue weighted by Gasteiger charge is -2.19. The highest BCUT2D eigenvalue weighted by molar-refractivity contribution is 7.99. The maximum absolute atomic E-state index is 13.2. The number of hydrogen-bond acceptors (Lipinski definition) is 8. The van der Waals surface area contributed by atoms with Crippen LogP contribution in [0.2, 0.25) is 0 Å². The predicted molar refractivity (Wildman–Crippen MR) is 119 cm³/mol. The largest absolute Gasteiger partial charge is 0.467 e. The number of hydrogen-bond donors (Lipinski definition) is 0. The number of para-hydroxylation sites is 1. The van der Waals surface area contributed by atoms with E-state index in [2.05, 4.69) is 34.5 Å². The zero-order valence-electron chi connectivity index (χ0n) is 17.7. The first kappa shape index (κ1) is 20.5. The average Bonchev–Trinajstić information content (AvgIpc) is 3.57. The predicted octanol–water partition coefficient (Wildman–Crippen LogP) is 4.14. The first-order valence-corrected chi connectivity index (χ1v) is 11.4. The minimum Gasteiger partial charge on any atom is -0.467 e. The molecule has 0 spiro atoms. The highest BCUT2D eigenvalue weighted by Crippen LogP contribution is 2.35. The summed E-state index contributed by atoms with van der Waals surface area (Å²) < 4.78 is 13.3. The number of carbonyl (C=O) groups excluding carboxylic acids is 1. The molecule has 10 heteroatoms. The van der Waals surface area contributed by atoms with Gasteiger partial charge in [0.2, 0.25) is 5.16 Å². The van der Waals surface area contributed by atoms with Crippen LogP contribution < -0.4 is 0 Å². The van der Waals surface area contributed by atoms with Crippen LogP contribution in [-0.4, -0.2) is 42.6 Å². The van der Waals surface area contributed by atoms with Crippen LogP contribution in [-0.2, 0) is 11.3 Å². The molecule has 1 aliphatic rings. The zero-order chi connectivity index (χ0) is 22.1. The van der Waals surface area contributed by atoms with Crippen molar-refractivity contribution in [1.82, 2.24) is 25.2 Å². The van der Waals surface area contributed by atoms with Crippen molar-refractivity contribution >= 4 is 34.3 Å². The van der Waals surface area contributed by atoms with Gasteiger partial charge in [-0.05, 0) is 40.6 Å². The Balaban J connectivity index is 1.38. The lowest BCUT2D eigenvalue weighted by molar-refractivity contribution is -0.130. The Labute approximate surface area is 188 Å². The third-order valence-electron chi connectivity index (χ3n) is 5.11. The summed E-state index contributed by atoms with van der Waals surface area (Å²) in [6, 6.07) is 13.1. The van der Waals surface area contributed by atoms with Gasteiger partial charge in [0, 0.05) is 18.4 Å². The molecule has 3 aromatic heterocycles. The number of rotatable bonds is 7. The molecule has 1 aromatic carbocycles. The van der Waals surface area contributed by atoms with Crippen LogP contribution in [0, 0.1) is 5.92 Å². The summed E-state index contributed by atoms with van der Waals surface area (Å²) in [7, 11) is 0. The van der Waals surface area contributed by atoms with E-state index in [1.54, 1.807) is 10.9 Å². The molecule has 0 saturated carbocycles. The van der Waals surface area contributed by atoms with Gasteiger partial charge in [0.1, 0.15) is 23.1 Å². The monoisotopic (exact) mass is 450 g/mol. The van der Waals surface area contributed by atoms with Gasteiger partial charge in [0.25, 0.3) is 5.91 Å². The molecule has 0 bridgehead atoms. The number of hydrazone groups is 1. The van der Waals surface area contributed by atoms with Crippen molar-refractivity contribution in [2.75, 3.05) is 5.75 Å². The Hall–Kier alpha value is -3.40. The summed E-state index contributed by atoms with van der Waals surface area (Å²) in [5.41, 5.74) is 1.50. The van der Waals surface area contributed by atoms with Crippen LogP contribution in [0.5, 0.6) is 0 Å². The number of amides is 1. The van der Waals surface area contributed by atoms with Crippen LogP contribution in [0.3, 0.4) is 0 Å². The van der Waals surface area contributed by atoms with E-state index in [9.17, 15) is 4.79 Å². The van der Waals surface area contributed by atoms with E-state index in [4.69, 9.17) is 8.83 Å². The Morgan fingerprint density at radius 1 is 1.25 bits per heavy atom. The van der Waals surface area contributed by atoms with Crippen LogP contribution in [0.4, 0.5) is 0 Å². The van der Waals surface area contributed by atoms with Gasteiger partial charge in [-0.3, -0.25) is 4.79 Å². The number of fused-ring (bicyclic) bond motifs is 1. The smallest absolute Gasteiger partial charge is 0.253 e. The molecule has 164 valence electrons. The molecule has 0 fully saturated rings. The SMILES string of the molecule is CC(C)Cn1nnnc1SCC(=O)N1N=C(c2cc3ccccc3o2)CC1c1ccco1. The number of carbonyl (C=O) groups is 1. The number of thioether (sulfide) groups is 1. The molecule has 1 amide bonds. The Morgan fingerprint density at radius 2 is 2.12 bits per heavy atom. The molecule has 1 aliphatic heterocycles. The lowest BCUT2D eigenvalue weighted by atomic mass is 10.1. The van der Waals surface area contributed by atoms with E-state index in [1.807, 2.05) is 42.5 Å². The number of tetrazole rings is 1. The maximum Gasteiger partial charge on any atom is 0.253 e. The van der Waals surface area contributed by atoms with Crippen LogP contribution in [0.15, 0.2) is 67.8 Å². The summed E-state index contributed by atoms with van der Waals surface area (Å²) >= 11 is 1.30. The van der Waals surface area contributed by atoms with E-state index in [1.165, 1.54) is 16.8 Å². The van der Waals surface area contributed by atoms with E-state index < -0.39 is 0 Å². The van der Waals surface area contributed by atoms with Gasteiger partial charge < -0.3 is 8.83 Å². The second kappa shape index (κ2) is 8.62. The number of furan rings is 2. The van der Waals surface area contributed by atoms with Gasteiger partial charge >= 0.3 is 0 Å². The van der Waals surface area contributed by atoms with Crippen molar-refractivity contribution in [2.24, 2.45) is 11.0 Å². The minimum atomic E-state index is -0.326. The standard InChI is InChI=1S/C22H22N6O3S/c1-14(2)12-27-22(23-25-26-27)32-13-21(29)28-17(19-8-5-9-30-19)11-16(24-28)20-10-15-6-3-4-7-18(15)31-20/h3-10,14,17H,11-13H2,1-2H3. The fourth-order valence-electron chi connectivity index (χ4n) is 3.67. The number of benzene rings is 1. The average molecular weight is 451 g/mol. The molecule has 5 rings (SSSR count). The van der Waals surface area contributed by atoms with Crippen molar-refractivity contribution in [1.29, 1.82) is 0 Å². The van der Waals surface area contributed by atoms with Crippen molar-refractivity contribution in [3.8, 4) is 0 Å². The Bertz CT molecular complexity index is 1230. The number of nitrogens with zero attached hydrogens (tertiary/aromatic N) is 6. The summed E-state index contributed by atoms with van der Waals surface area (Å²) in [5, 5.41) is 19.5. The molecule has 0 N–H and O–H groups in total. The summed E-state index contributed by atoms with van der Waals surface area (Å²) in [5.74, 6) is 1.74. The molecule has 32 heavy (non-hydrogen) atoms. The van der Waals surface area contributed by atoms with Crippen molar-refractivity contribution in [3.63, 3.8) is 0 Å². The Morgan fingerprint density at radius 3 is 2.91 bits per heavy atom. The first-order chi connectivity index (χ1) is 15.6. The van der Waals surface area contributed by atoms with Crippen LogP contribution in [0.25, 0.3) is 11.0 Å². The topological polar surface area (TPSA) is 103 Å². The number of aromatic nitrogens is 4. The maximum atomic E-state index is 13.2. The molecular formula is C22H22N6O3S. The molecule has 1 unspecified atom stereocenters. The first-order valence-electron chi connectivity index (χ1n) is 10.4. The van der Waals surface area contributed by atoms with Crippen LogP contribution >= 0.6 is 11.8 Å². The molecule has 4 aromatic rings. The molecular weight excluding hydrogens is 428 g/mol. The molecule has 0 aliphatic carbocycles. The van der Waals surface area contributed by atoms with Gasteiger partial charge in [-0.1, -0.05) is 43.8 Å². The quantitative estimate of drug-likeness (QED) is 0.390. The third kappa shape index (κ3) is 4.05. The second-order valence-corrected chi connectivity index (χ2v) is 8.94. The fraction of sp³-hybridized carbons (Fsp3) is 0.318. The molecule has 0 saturated heterocycles. The van der Waals surface area contributed by atoms with Crippen molar-refractivity contribution in [2.45, 2.75) is 38.0 Å². The fourth-order valence-corrected chi connectivity index (χ4v) is 4.41. The molecule has 4 heterocycles. The second-order valence-electron chi connectivity index (χ2n) is 7.99. The third-order valence-corrected chi connectivity index (χ3v) is 6.05. The van der Waals surface area contributed by atoms with E-state index in [-0.39, 0.29) is 17.7 Å². The van der Waals surface area contributed by atoms with E-state index in [0.717, 1.165) is 11.0 Å². The van der Waals surface area contributed by atoms with Gasteiger partial charge in [0.05, 0.1) is 12.0 Å². The van der Waals surface area contributed by atoms with E-state index >= 15 is 0 Å². The van der Waals surface area contributed by atoms with E-state index in [0.29, 0.717) is 41.3 Å². The zero-order valence-corrected chi connectivity index (χ0v) is 18.5. The Kier molecular flexibility index (Phi) is 5.52. The summed E-state index contributed by atoms with van der Waals surface area (Å²) in [6.07, 6.45) is 2.11. The minimum absolute atomic E-state index is 0.151. The van der Waals surface area contributed by atoms with Crippen LogP contribution in [0.1, 0.15) is 37.8 Å². The summed E-state index contributed by atoms with van der Waals surface area (Å²) in [4.78, 5) is 13.2. The summed E-state index contributed by atoms with van der Waals surface area (Å²) in [6.45, 7) is 4.87. The van der Waals surface area contributed by atoms with Crippen molar-refractivity contribution < 1.29 is 13.6 Å². The van der Waals surface area contributed by atoms with Gasteiger partial charge in [-0.15, -0.1) is 5.10 Å². The van der Waals surface area contributed by atoms with Gasteiger partial charge in [-0.2, -0.15) is 5.10 Å². The van der Waals surface area contributed by atoms with Crippen molar-refractivity contribution in [3.05, 3.63) is 60.2 Å². The van der Waals surface area contributed by atoms with Gasteiger partial charge in [-0.25, -0.2) is 9.69 Å².